The third-order valence-electron chi connectivity index (χ3n) is 2.98. The Labute approximate surface area is 115 Å². The third-order valence-corrected chi connectivity index (χ3v) is 5.34. The molecule has 0 saturated heterocycles. The van der Waals surface area contributed by atoms with Crippen molar-refractivity contribution < 1.29 is 18.2 Å². The molecule has 0 fully saturated rings. The van der Waals surface area contributed by atoms with Crippen molar-refractivity contribution in [2.75, 3.05) is 6.61 Å². The highest BCUT2D eigenvalue weighted by Gasteiger charge is 2.16. The van der Waals surface area contributed by atoms with Crippen molar-refractivity contribution in [1.82, 2.24) is 0 Å². The molecule has 0 aromatic rings. The van der Waals surface area contributed by atoms with Gasteiger partial charge < -0.3 is 9.11 Å². The number of unbranched alkanes of at least 4 members (excludes halogenated alkanes) is 9. The lowest BCUT2D eigenvalue weighted by molar-refractivity contribution is 0.203. The molecule has 4 nitrogen and oxygen atoms in total. The summed E-state index contributed by atoms with van der Waals surface area (Å²) in [7, 11) is -3.46. The van der Waals surface area contributed by atoms with Crippen LogP contribution in [0.5, 0.6) is 0 Å². The van der Waals surface area contributed by atoms with Gasteiger partial charge in [0.2, 0.25) is 0 Å². The first-order valence-electron chi connectivity index (χ1n) is 7.15. The van der Waals surface area contributed by atoms with Crippen LogP contribution in [0.4, 0.5) is 0 Å². The Kier molecular flexibility index (Phi) is 12.6. The minimum Gasteiger partial charge on any atom is -0.342 e. The van der Waals surface area contributed by atoms with Gasteiger partial charge in [-0.05, 0) is 6.42 Å². The van der Waals surface area contributed by atoms with Crippen LogP contribution in [-0.2, 0) is 13.3 Å². The summed E-state index contributed by atoms with van der Waals surface area (Å²) in [5.74, 6) is 0. The van der Waals surface area contributed by atoms with E-state index in [1.54, 1.807) is 0 Å². The minimum absolute atomic E-state index is 0.230. The molecule has 0 aromatic heterocycles. The van der Waals surface area contributed by atoms with E-state index in [-0.39, 0.29) is 10.5 Å². The van der Waals surface area contributed by atoms with Gasteiger partial charge in [-0.15, -0.1) is 0 Å². The molecule has 0 rings (SSSR count). The molecular weight excluding hydrogens is 267 g/mol. The number of phosphoric ester groups is 1. The van der Waals surface area contributed by atoms with Gasteiger partial charge in [0.15, 0.2) is 10.5 Å². The Morgan fingerprint density at radius 2 is 1.39 bits per heavy atom. The molecule has 0 radical (unpaired) electrons. The van der Waals surface area contributed by atoms with E-state index in [0.29, 0.717) is 6.61 Å². The second-order valence-corrected chi connectivity index (χ2v) is 7.32. The van der Waals surface area contributed by atoms with Gasteiger partial charge in [0.1, 0.15) is 0 Å². The maximum absolute atomic E-state index is 11.0. The normalized spacial score (nSPS) is 14.8. The van der Waals surface area contributed by atoms with Crippen LogP contribution in [0.3, 0.4) is 0 Å². The highest BCUT2D eigenvalue weighted by molar-refractivity contribution is 7.48. The largest absolute Gasteiger partial charge is 0.461 e. The van der Waals surface area contributed by atoms with E-state index in [9.17, 15) is 4.57 Å². The Balaban J connectivity index is 3.10. The maximum atomic E-state index is 11.0. The highest BCUT2D eigenvalue weighted by Crippen LogP contribution is 2.41. The zero-order valence-corrected chi connectivity index (χ0v) is 14.8. The smallest absolute Gasteiger partial charge is 0.342 e. The average Bonchev–Trinajstić information content (AvgIpc) is 2.36. The van der Waals surface area contributed by atoms with Crippen LogP contribution in [0.25, 0.3) is 0 Å². The lowest BCUT2D eigenvalue weighted by atomic mass is 10.1. The molecule has 1 N–H and O–H groups in total. The fourth-order valence-electron chi connectivity index (χ4n) is 1.82. The zero-order valence-electron chi connectivity index (χ0n) is 11.9. The zero-order chi connectivity index (χ0) is 13.7. The molecule has 6 heteroatoms. The predicted molar refractivity (Wildman–Crippen MR) is 78.6 cm³/mol. The van der Waals surface area contributed by atoms with Crippen LogP contribution in [0, 0.1) is 0 Å². The van der Waals surface area contributed by atoms with Crippen molar-refractivity contribution >= 4 is 18.3 Å². The lowest BCUT2D eigenvalue weighted by Crippen LogP contribution is -1.95. The Bertz CT molecular complexity index is 226. The SMILES string of the molecule is CCCCCCCCCCCCOP(=O)(O)O[SiH3]. The van der Waals surface area contributed by atoms with Gasteiger partial charge in [0.05, 0.1) is 6.61 Å². The first kappa shape index (κ1) is 18.3. The molecule has 18 heavy (non-hydrogen) atoms. The fraction of sp³-hybridized carbons (Fsp3) is 1.00. The number of phosphoric acid groups is 1. The van der Waals surface area contributed by atoms with Crippen molar-refractivity contribution in [3.8, 4) is 0 Å². The van der Waals surface area contributed by atoms with E-state index in [0.717, 1.165) is 12.8 Å². The number of rotatable bonds is 13. The molecule has 110 valence electrons. The molecule has 0 saturated carbocycles. The van der Waals surface area contributed by atoms with E-state index in [1.165, 1.54) is 51.4 Å². The van der Waals surface area contributed by atoms with Gasteiger partial charge >= 0.3 is 7.82 Å². The van der Waals surface area contributed by atoms with Gasteiger partial charge in [0.25, 0.3) is 0 Å². The van der Waals surface area contributed by atoms with Crippen LogP contribution in [0.15, 0.2) is 0 Å². The van der Waals surface area contributed by atoms with E-state index >= 15 is 0 Å². The number of hydrogen-bond donors (Lipinski definition) is 1. The highest BCUT2D eigenvalue weighted by atomic mass is 31.2. The summed E-state index contributed by atoms with van der Waals surface area (Å²) in [6.45, 7) is 2.56. The van der Waals surface area contributed by atoms with Crippen LogP contribution >= 0.6 is 7.82 Å². The van der Waals surface area contributed by atoms with Crippen molar-refractivity contribution in [2.24, 2.45) is 0 Å². The summed E-state index contributed by atoms with van der Waals surface area (Å²) >= 11 is 0. The van der Waals surface area contributed by atoms with Crippen molar-refractivity contribution in [3.63, 3.8) is 0 Å². The molecule has 0 heterocycles. The third kappa shape index (κ3) is 12.8. The van der Waals surface area contributed by atoms with Gasteiger partial charge in [-0.3, -0.25) is 4.52 Å². The van der Waals surface area contributed by atoms with E-state index in [1.807, 2.05) is 0 Å². The summed E-state index contributed by atoms with van der Waals surface area (Å²) < 4.78 is 20.2. The summed E-state index contributed by atoms with van der Waals surface area (Å²) in [6.07, 6.45) is 12.4. The summed E-state index contributed by atoms with van der Waals surface area (Å²) in [5.41, 5.74) is 0. The lowest BCUT2D eigenvalue weighted by Gasteiger charge is -2.09. The molecule has 0 aliphatic rings. The second kappa shape index (κ2) is 12.4. The Hall–Kier alpha value is 0.327. The molecule has 0 bridgehead atoms. The minimum atomic E-state index is -3.69. The molecular formula is C12H29O4PSi. The second-order valence-electron chi connectivity index (χ2n) is 4.67. The van der Waals surface area contributed by atoms with Gasteiger partial charge in [-0.2, -0.15) is 0 Å². The van der Waals surface area contributed by atoms with Gasteiger partial charge in [0, 0.05) is 0 Å². The molecule has 0 aliphatic carbocycles. The van der Waals surface area contributed by atoms with Crippen molar-refractivity contribution in [1.29, 1.82) is 0 Å². The van der Waals surface area contributed by atoms with Crippen molar-refractivity contribution in [2.45, 2.75) is 71.1 Å². The summed E-state index contributed by atoms with van der Waals surface area (Å²) in [6, 6.07) is 0. The van der Waals surface area contributed by atoms with E-state index in [4.69, 9.17) is 9.42 Å². The topological polar surface area (TPSA) is 55.8 Å². The summed E-state index contributed by atoms with van der Waals surface area (Å²) in [5, 5.41) is 0. The molecule has 0 aliphatic heterocycles. The average molecular weight is 296 g/mol. The Morgan fingerprint density at radius 1 is 0.944 bits per heavy atom. The monoisotopic (exact) mass is 296 g/mol. The molecule has 1 unspecified atom stereocenters. The standard InChI is InChI=1S/C12H29O4PSi/c1-2-3-4-5-6-7-8-9-10-11-12-15-17(13,14)16-18/h2-12H2,1,18H3,(H,13,14). The molecule has 0 amide bonds. The predicted octanol–water partition coefficient (Wildman–Crippen LogP) is 3.32. The molecule has 0 spiro atoms. The maximum Gasteiger partial charge on any atom is 0.461 e. The van der Waals surface area contributed by atoms with Crippen LogP contribution in [0.2, 0.25) is 0 Å². The first-order chi connectivity index (χ1) is 8.62. The van der Waals surface area contributed by atoms with Crippen LogP contribution < -0.4 is 0 Å². The van der Waals surface area contributed by atoms with Crippen molar-refractivity contribution in [3.05, 3.63) is 0 Å². The number of hydrogen-bond acceptors (Lipinski definition) is 3. The van der Waals surface area contributed by atoms with Gasteiger partial charge in [-0.25, -0.2) is 4.57 Å². The Morgan fingerprint density at radius 3 is 1.83 bits per heavy atom. The van der Waals surface area contributed by atoms with E-state index in [2.05, 4.69) is 11.1 Å². The fourth-order valence-corrected chi connectivity index (χ4v) is 2.60. The quantitative estimate of drug-likeness (QED) is 0.322. The van der Waals surface area contributed by atoms with Crippen LogP contribution in [0.1, 0.15) is 71.1 Å². The first-order valence-corrected chi connectivity index (χ1v) is 9.46. The molecule has 1 atom stereocenters. The van der Waals surface area contributed by atoms with Gasteiger partial charge in [-0.1, -0.05) is 64.7 Å². The van der Waals surface area contributed by atoms with E-state index < -0.39 is 7.82 Å². The summed E-state index contributed by atoms with van der Waals surface area (Å²) in [4.78, 5) is 9.01. The van der Waals surface area contributed by atoms with Crippen LogP contribution in [-0.4, -0.2) is 22.0 Å². The molecule has 0 aromatic carbocycles.